The highest BCUT2D eigenvalue weighted by atomic mass is 32.2. The highest BCUT2D eigenvalue weighted by Crippen LogP contribution is 2.23. The molecule has 1 saturated heterocycles. The normalized spacial score (nSPS) is 15.2. The molecule has 4 rings (SSSR count). The summed E-state index contributed by atoms with van der Waals surface area (Å²) in [7, 11) is -1.48. The first-order valence-corrected chi connectivity index (χ1v) is 14.7. The molecule has 0 bridgehead atoms. The maximum Gasteiger partial charge on any atom is 0.262 e. The van der Waals surface area contributed by atoms with Crippen molar-refractivity contribution in [1.29, 1.82) is 0 Å². The van der Waals surface area contributed by atoms with Crippen LogP contribution >= 0.6 is 0 Å². The summed E-state index contributed by atoms with van der Waals surface area (Å²) in [5.74, 6) is 0.0337. The summed E-state index contributed by atoms with van der Waals surface area (Å²) < 4.78 is 14.9. The smallest absolute Gasteiger partial charge is 0.262 e. The molecule has 1 fully saturated rings. The van der Waals surface area contributed by atoms with Gasteiger partial charge in [-0.3, -0.25) is 19.4 Å². The fraction of sp³-hybridized carbons (Fsp3) is 0.250. The zero-order valence-electron chi connectivity index (χ0n) is 22.8. The number of hydrogen-bond acceptors (Lipinski definition) is 6. The van der Waals surface area contributed by atoms with Crippen LogP contribution in [0.5, 0.6) is 0 Å². The Morgan fingerprint density at radius 2 is 1.68 bits per heavy atom. The molecular formula is C32H36N4O3S. The second-order valence-corrected chi connectivity index (χ2v) is 10.8. The van der Waals surface area contributed by atoms with E-state index in [0.29, 0.717) is 12.1 Å². The SMILES string of the molecule is C=C(/C=C(/O)C=NCC)c1ccccc1CN1CCN(c2ccc(C(=O)NS(=O)Cc3ccccc3)cc2)CC1. The van der Waals surface area contributed by atoms with E-state index in [1.807, 2.05) is 67.6 Å². The summed E-state index contributed by atoms with van der Waals surface area (Å²) in [6.07, 6.45) is 3.11. The molecule has 1 heterocycles. The Kier molecular flexibility index (Phi) is 10.4. The largest absolute Gasteiger partial charge is 0.506 e. The van der Waals surface area contributed by atoms with Gasteiger partial charge in [-0.15, -0.1) is 0 Å². The summed E-state index contributed by atoms with van der Waals surface area (Å²) in [6.45, 7) is 11.0. The second kappa shape index (κ2) is 14.4. The molecule has 8 heteroatoms. The number of nitrogens with zero attached hydrogens (tertiary/aromatic N) is 3. The lowest BCUT2D eigenvalue weighted by Gasteiger charge is -2.36. The number of amides is 1. The van der Waals surface area contributed by atoms with Gasteiger partial charge in [-0.1, -0.05) is 61.2 Å². The second-order valence-electron chi connectivity index (χ2n) is 9.60. The molecular weight excluding hydrogens is 520 g/mol. The number of rotatable bonds is 11. The van der Waals surface area contributed by atoms with Gasteiger partial charge in [-0.2, -0.15) is 0 Å². The highest BCUT2D eigenvalue weighted by Gasteiger charge is 2.19. The van der Waals surface area contributed by atoms with E-state index in [2.05, 4.69) is 32.2 Å². The van der Waals surface area contributed by atoms with Gasteiger partial charge in [0.05, 0.1) is 12.0 Å². The number of aliphatic imine (C=N–C) groups is 1. The van der Waals surface area contributed by atoms with Gasteiger partial charge < -0.3 is 10.0 Å². The Hall–Kier alpha value is -4.01. The lowest BCUT2D eigenvalue weighted by molar-refractivity contribution is 0.0983. The molecule has 0 saturated carbocycles. The van der Waals surface area contributed by atoms with Crippen molar-refractivity contribution in [1.82, 2.24) is 9.62 Å². The van der Waals surface area contributed by atoms with E-state index in [4.69, 9.17) is 0 Å². The zero-order valence-corrected chi connectivity index (χ0v) is 23.6. The van der Waals surface area contributed by atoms with E-state index in [-0.39, 0.29) is 17.4 Å². The van der Waals surface area contributed by atoms with Crippen molar-refractivity contribution >= 4 is 34.4 Å². The Balaban J connectivity index is 1.29. The zero-order chi connectivity index (χ0) is 28.3. The molecule has 1 amide bonds. The molecule has 208 valence electrons. The molecule has 3 aromatic rings. The predicted octanol–water partition coefficient (Wildman–Crippen LogP) is 5.15. The maximum absolute atomic E-state index is 12.6. The van der Waals surface area contributed by atoms with E-state index in [1.54, 1.807) is 18.2 Å². The topological polar surface area (TPSA) is 85.2 Å². The van der Waals surface area contributed by atoms with Gasteiger partial charge in [0.15, 0.2) is 0 Å². The Morgan fingerprint density at radius 1 is 1.00 bits per heavy atom. The van der Waals surface area contributed by atoms with Gasteiger partial charge in [-0.25, -0.2) is 4.21 Å². The van der Waals surface area contributed by atoms with Crippen molar-refractivity contribution in [2.24, 2.45) is 4.99 Å². The average molecular weight is 557 g/mol. The van der Waals surface area contributed by atoms with Crippen molar-refractivity contribution in [3.05, 3.63) is 120 Å². The number of benzene rings is 3. The number of nitrogens with one attached hydrogen (secondary N) is 1. The van der Waals surface area contributed by atoms with Crippen LogP contribution in [-0.2, 0) is 23.3 Å². The first-order chi connectivity index (χ1) is 19.4. The summed E-state index contributed by atoms with van der Waals surface area (Å²) in [4.78, 5) is 21.4. The van der Waals surface area contributed by atoms with Gasteiger partial charge in [0.25, 0.3) is 5.91 Å². The third-order valence-corrected chi connectivity index (χ3v) is 7.71. The number of aliphatic hydroxyl groups excluding tert-OH is 1. The van der Waals surface area contributed by atoms with Crippen LogP contribution in [0.2, 0.25) is 0 Å². The van der Waals surface area contributed by atoms with Crippen LogP contribution in [0.1, 0.15) is 34.0 Å². The lowest BCUT2D eigenvalue weighted by Crippen LogP contribution is -2.46. The van der Waals surface area contributed by atoms with Crippen LogP contribution in [0, 0.1) is 0 Å². The molecule has 1 atom stereocenters. The molecule has 1 unspecified atom stereocenters. The minimum absolute atomic E-state index is 0.0965. The van der Waals surface area contributed by atoms with Gasteiger partial charge in [-0.05, 0) is 59.5 Å². The summed E-state index contributed by atoms with van der Waals surface area (Å²) in [5, 5.41) is 10.1. The number of anilines is 1. The molecule has 0 radical (unpaired) electrons. The Bertz CT molecular complexity index is 1380. The molecule has 2 N–H and O–H groups in total. The van der Waals surface area contributed by atoms with Crippen LogP contribution in [0.4, 0.5) is 5.69 Å². The summed E-state index contributed by atoms with van der Waals surface area (Å²) in [6, 6.07) is 25.1. The quantitative estimate of drug-likeness (QED) is 0.194. The van der Waals surface area contributed by atoms with Crippen LogP contribution in [0.15, 0.2) is 102 Å². The standard InChI is InChI=1S/C32H36N4O3S/c1-3-33-22-30(37)21-25(2)31-12-8-7-11-28(31)23-35-17-19-36(20-18-35)29-15-13-27(14-16-29)32(38)34-40(39)24-26-9-5-4-6-10-26/h4-16,21-22,37H,2-3,17-20,23-24H2,1H3,(H,34,38)/b30-21+,33-22?. The number of allylic oxidation sites excluding steroid dienone is 3. The number of carbonyl (C=O) groups excluding carboxylic acids is 1. The fourth-order valence-electron chi connectivity index (χ4n) is 4.60. The Labute approximate surface area is 239 Å². The van der Waals surface area contributed by atoms with Gasteiger partial charge >= 0.3 is 0 Å². The van der Waals surface area contributed by atoms with Crippen molar-refractivity contribution in [2.75, 3.05) is 37.6 Å². The van der Waals surface area contributed by atoms with E-state index in [1.165, 1.54) is 6.21 Å². The van der Waals surface area contributed by atoms with Crippen LogP contribution in [0.25, 0.3) is 5.57 Å². The first-order valence-electron chi connectivity index (χ1n) is 13.4. The van der Waals surface area contributed by atoms with E-state index < -0.39 is 11.0 Å². The third-order valence-electron chi connectivity index (χ3n) is 6.70. The molecule has 1 aliphatic heterocycles. The molecule has 0 spiro atoms. The lowest BCUT2D eigenvalue weighted by atomic mass is 9.99. The molecule has 7 nitrogen and oxygen atoms in total. The highest BCUT2D eigenvalue weighted by molar-refractivity contribution is 7.82. The third kappa shape index (κ3) is 8.24. The van der Waals surface area contributed by atoms with Crippen LogP contribution in [-0.4, -0.2) is 59.1 Å². The van der Waals surface area contributed by atoms with E-state index >= 15 is 0 Å². The number of piperazine rings is 1. The van der Waals surface area contributed by atoms with Gasteiger partial charge in [0.1, 0.15) is 16.7 Å². The average Bonchev–Trinajstić information content (AvgIpc) is 2.97. The Morgan fingerprint density at radius 3 is 2.38 bits per heavy atom. The van der Waals surface area contributed by atoms with Gasteiger partial charge in [0, 0.05) is 50.5 Å². The fourth-order valence-corrected chi connectivity index (χ4v) is 5.49. The molecule has 0 aliphatic carbocycles. The molecule has 40 heavy (non-hydrogen) atoms. The van der Waals surface area contributed by atoms with Crippen LogP contribution < -0.4 is 9.62 Å². The monoisotopic (exact) mass is 556 g/mol. The predicted molar refractivity (Wildman–Crippen MR) is 165 cm³/mol. The number of carbonyl (C=O) groups is 1. The maximum atomic E-state index is 12.6. The van der Waals surface area contributed by atoms with Crippen molar-refractivity contribution in [3.8, 4) is 0 Å². The summed E-state index contributed by atoms with van der Waals surface area (Å²) >= 11 is 0. The van der Waals surface area contributed by atoms with Gasteiger partial charge in [0.2, 0.25) is 0 Å². The van der Waals surface area contributed by atoms with Crippen molar-refractivity contribution < 1.29 is 14.1 Å². The van der Waals surface area contributed by atoms with E-state index in [0.717, 1.165) is 60.7 Å². The van der Waals surface area contributed by atoms with E-state index in [9.17, 15) is 14.1 Å². The molecule has 0 aromatic heterocycles. The minimum atomic E-state index is -1.48. The number of aliphatic hydroxyl groups is 1. The minimum Gasteiger partial charge on any atom is -0.506 e. The van der Waals surface area contributed by atoms with Crippen molar-refractivity contribution in [2.45, 2.75) is 19.2 Å². The van der Waals surface area contributed by atoms with Crippen molar-refractivity contribution in [3.63, 3.8) is 0 Å². The summed E-state index contributed by atoms with van der Waals surface area (Å²) in [5.41, 5.74) is 5.39. The molecule has 1 aliphatic rings. The van der Waals surface area contributed by atoms with Crippen LogP contribution in [0.3, 0.4) is 0 Å². The molecule has 3 aromatic carbocycles. The first kappa shape index (κ1) is 29.0. The number of hydrogen-bond donors (Lipinski definition) is 2.